The lowest BCUT2D eigenvalue weighted by molar-refractivity contribution is -0.384. The first-order valence-corrected chi connectivity index (χ1v) is 7.56. The van der Waals surface area contributed by atoms with Crippen LogP contribution in [0.5, 0.6) is 0 Å². The van der Waals surface area contributed by atoms with Gasteiger partial charge in [0.15, 0.2) is 0 Å². The van der Waals surface area contributed by atoms with E-state index in [1.54, 1.807) is 11.7 Å². The second kappa shape index (κ2) is 5.07. The minimum Gasteiger partial charge on any atom is -0.364 e. The first kappa shape index (κ1) is 13.4. The highest BCUT2D eigenvalue weighted by Crippen LogP contribution is 2.49. The monoisotopic (exact) mass is 278 g/mol. The highest BCUT2D eigenvalue weighted by atomic mass is 16.6. The van der Waals surface area contributed by atoms with E-state index in [0.717, 1.165) is 18.4 Å². The van der Waals surface area contributed by atoms with Crippen LogP contribution >= 0.6 is 0 Å². The Hall–Kier alpha value is -1.59. The lowest BCUT2D eigenvalue weighted by Gasteiger charge is -2.16. The standard InChI is InChI=1S/C14H22N4O2/c1-3-12-13(18(19)20)14(17(2)16-12)15-8-11(9-4-5-9)10-6-7-10/h9-11,15H,3-8H2,1-2H3. The van der Waals surface area contributed by atoms with Crippen molar-refractivity contribution < 1.29 is 4.92 Å². The van der Waals surface area contributed by atoms with Gasteiger partial charge in [0.1, 0.15) is 5.69 Å². The van der Waals surface area contributed by atoms with Crippen LogP contribution in [0.2, 0.25) is 0 Å². The summed E-state index contributed by atoms with van der Waals surface area (Å²) in [6, 6.07) is 0. The molecule has 2 saturated carbocycles. The summed E-state index contributed by atoms with van der Waals surface area (Å²) in [6.07, 6.45) is 5.90. The minimum atomic E-state index is -0.308. The molecule has 2 aliphatic carbocycles. The quantitative estimate of drug-likeness (QED) is 0.615. The highest BCUT2D eigenvalue weighted by Gasteiger charge is 2.41. The van der Waals surface area contributed by atoms with E-state index in [-0.39, 0.29) is 10.6 Å². The Kier molecular flexibility index (Phi) is 3.40. The Morgan fingerprint density at radius 3 is 2.45 bits per heavy atom. The van der Waals surface area contributed by atoms with Gasteiger partial charge in [0.05, 0.1) is 4.92 Å². The van der Waals surface area contributed by atoms with E-state index in [0.29, 0.717) is 23.9 Å². The van der Waals surface area contributed by atoms with Crippen LogP contribution in [0.15, 0.2) is 0 Å². The average Bonchev–Trinajstić information content (AvgIpc) is 3.29. The number of rotatable bonds is 7. The molecule has 0 saturated heterocycles. The van der Waals surface area contributed by atoms with E-state index in [1.165, 1.54) is 25.7 Å². The van der Waals surface area contributed by atoms with Crippen LogP contribution in [-0.4, -0.2) is 21.2 Å². The number of anilines is 1. The second-order valence-electron chi connectivity index (χ2n) is 6.10. The van der Waals surface area contributed by atoms with Gasteiger partial charge in [-0.2, -0.15) is 5.10 Å². The molecule has 2 fully saturated rings. The molecule has 0 aromatic carbocycles. The summed E-state index contributed by atoms with van der Waals surface area (Å²) >= 11 is 0. The van der Waals surface area contributed by atoms with Crippen molar-refractivity contribution >= 4 is 11.5 Å². The van der Waals surface area contributed by atoms with E-state index in [1.807, 2.05) is 6.92 Å². The van der Waals surface area contributed by atoms with Crippen LogP contribution in [0.4, 0.5) is 11.5 Å². The topological polar surface area (TPSA) is 73.0 Å². The van der Waals surface area contributed by atoms with Crippen molar-refractivity contribution in [1.82, 2.24) is 9.78 Å². The van der Waals surface area contributed by atoms with Gasteiger partial charge >= 0.3 is 5.69 Å². The van der Waals surface area contributed by atoms with Crippen molar-refractivity contribution in [1.29, 1.82) is 0 Å². The van der Waals surface area contributed by atoms with Crippen LogP contribution in [0.1, 0.15) is 38.3 Å². The average molecular weight is 278 g/mol. The van der Waals surface area contributed by atoms with Crippen molar-refractivity contribution in [2.75, 3.05) is 11.9 Å². The number of nitrogens with one attached hydrogen (secondary N) is 1. The number of aryl methyl sites for hydroxylation is 2. The van der Waals surface area contributed by atoms with Gasteiger partial charge in [0.25, 0.3) is 0 Å². The Balaban J connectivity index is 1.75. The van der Waals surface area contributed by atoms with Gasteiger partial charge in [-0.15, -0.1) is 0 Å². The molecule has 1 heterocycles. The molecule has 1 aromatic rings. The van der Waals surface area contributed by atoms with Crippen molar-refractivity contribution in [3.63, 3.8) is 0 Å². The summed E-state index contributed by atoms with van der Waals surface area (Å²) in [5, 5.41) is 18.8. The lowest BCUT2D eigenvalue weighted by Crippen LogP contribution is -2.20. The number of nitrogens with zero attached hydrogens (tertiary/aromatic N) is 3. The third-order valence-electron chi connectivity index (χ3n) is 4.57. The van der Waals surface area contributed by atoms with E-state index >= 15 is 0 Å². The Morgan fingerprint density at radius 2 is 2.00 bits per heavy atom. The molecule has 3 rings (SSSR count). The van der Waals surface area contributed by atoms with E-state index in [9.17, 15) is 10.1 Å². The molecule has 1 N–H and O–H groups in total. The predicted octanol–water partition coefficient (Wildman–Crippen LogP) is 2.74. The van der Waals surface area contributed by atoms with E-state index in [2.05, 4.69) is 10.4 Å². The third kappa shape index (κ3) is 2.51. The third-order valence-corrected chi connectivity index (χ3v) is 4.57. The van der Waals surface area contributed by atoms with Gasteiger partial charge in [0, 0.05) is 13.6 Å². The van der Waals surface area contributed by atoms with E-state index in [4.69, 9.17) is 0 Å². The smallest absolute Gasteiger partial charge is 0.333 e. The van der Waals surface area contributed by atoms with E-state index < -0.39 is 0 Å². The zero-order valence-corrected chi connectivity index (χ0v) is 12.1. The van der Waals surface area contributed by atoms with Gasteiger partial charge < -0.3 is 5.32 Å². The van der Waals surface area contributed by atoms with Gasteiger partial charge in [0.2, 0.25) is 5.82 Å². The van der Waals surface area contributed by atoms with Crippen LogP contribution in [-0.2, 0) is 13.5 Å². The summed E-state index contributed by atoms with van der Waals surface area (Å²) in [5.41, 5.74) is 0.717. The molecule has 0 unspecified atom stereocenters. The first-order valence-electron chi connectivity index (χ1n) is 7.56. The number of hydrogen-bond donors (Lipinski definition) is 1. The summed E-state index contributed by atoms with van der Waals surface area (Å²) < 4.78 is 1.62. The first-order chi connectivity index (χ1) is 9.61. The Morgan fingerprint density at radius 1 is 1.40 bits per heavy atom. The lowest BCUT2D eigenvalue weighted by atomic mass is 9.98. The SMILES string of the molecule is CCc1nn(C)c(NCC(C2CC2)C2CC2)c1[N+](=O)[O-]. The van der Waals surface area contributed by atoms with Gasteiger partial charge in [-0.3, -0.25) is 10.1 Å². The Bertz CT molecular complexity index is 505. The van der Waals surface area contributed by atoms with Crippen molar-refractivity contribution in [2.24, 2.45) is 24.8 Å². The maximum Gasteiger partial charge on any atom is 0.333 e. The maximum atomic E-state index is 11.3. The molecule has 0 aliphatic heterocycles. The molecule has 6 nitrogen and oxygen atoms in total. The summed E-state index contributed by atoms with van der Waals surface area (Å²) in [5.74, 6) is 2.94. The molecule has 6 heteroatoms. The molecule has 0 spiro atoms. The molecule has 20 heavy (non-hydrogen) atoms. The summed E-state index contributed by atoms with van der Waals surface area (Å²) in [6.45, 7) is 2.75. The van der Waals surface area contributed by atoms with Gasteiger partial charge in [-0.25, -0.2) is 4.68 Å². The predicted molar refractivity (Wildman–Crippen MR) is 76.7 cm³/mol. The van der Waals surface area contributed by atoms with Crippen LogP contribution in [0.3, 0.4) is 0 Å². The summed E-state index contributed by atoms with van der Waals surface area (Å²) in [4.78, 5) is 11.0. The second-order valence-corrected chi connectivity index (χ2v) is 6.10. The fourth-order valence-electron chi connectivity index (χ4n) is 3.18. The highest BCUT2D eigenvalue weighted by molar-refractivity contribution is 5.59. The molecular weight excluding hydrogens is 256 g/mol. The van der Waals surface area contributed by atoms with Crippen molar-refractivity contribution in [3.8, 4) is 0 Å². The largest absolute Gasteiger partial charge is 0.364 e. The fraction of sp³-hybridized carbons (Fsp3) is 0.786. The Labute approximate surface area is 118 Å². The maximum absolute atomic E-state index is 11.3. The van der Waals surface area contributed by atoms with Gasteiger partial charge in [-0.1, -0.05) is 6.92 Å². The number of hydrogen-bond acceptors (Lipinski definition) is 4. The van der Waals surface area contributed by atoms with Crippen LogP contribution in [0, 0.1) is 27.9 Å². The number of aromatic nitrogens is 2. The van der Waals surface area contributed by atoms with Crippen LogP contribution in [0.25, 0.3) is 0 Å². The molecule has 0 atom stereocenters. The summed E-state index contributed by atoms with van der Waals surface area (Å²) in [7, 11) is 1.78. The molecule has 0 amide bonds. The number of nitro groups is 1. The molecule has 0 radical (unpaired) electrons. The normalized spacial score (nSPS) is 18.6. The molecule has 1 aromatic heterocycles. The fourth-order valence-corrected chi connectivity index (χ4v) is 3.18. The van der Waals surface area contributed by atoms with Crippen molar-refractivity contribution in [3.05, 3.63) is 15.8 Å². The zero-order valence-electron chi connectivity index (χ0n) is 12.1. The molecule has 0 bridgehead atoms. The van der Waals surface area contributed by atoms with Gasteiger partial charge in [-0.05, 0) is 49.9 Å². The van der Waals surface area contributed by atoms with Crippen molar-refractivity contribution in [2.45, 2.75) is 39.0 Å². The minimum absolute atomic E-state index is 0.153. The zero-order chi connectivity index (χ0) is 14.3. The molecule has 2 aliphatic rings. The molecule has 110 valence electrons. The molecular formula is C14H22N4O2. The van der Waals surface area contributed by atoms with Crippen LogP contribution < -0.4 is 5.32 Å².